The van der Waals surface area contributed by atoms with Crippen molar-refractivity contribution in [1.29, 1.82) is 0 Å². The highest BCUT2D eigenvalue weighted by Gasteiger charge is 2.26. The summed E-state index contributed by atoms with van der Waals surface area (Å²) < 4.78 is 6.11. The third-order valence-corrected chi connectivity index (χ3v) is 7.47. The molecular weight excluding hydrogens is 447 g/mol. The monoisotopic (exact) mass is 476 g/mol. The lowest BCUT2D eigenvalue weighted by Gasteiger charge is -2.38. The fraction of sp³-hybridized carbons (Fsp3) is 0.480. The Morgan fingerprint density at radius 3 is 2.41 bits per heavy atom. The van der Waals surface area contributed by atoms with Crippen LogP contribution in [0.1, 0.15) is 41.6 Å². The van der Waals surface area contributed by atoms with Gasteiger partial charge in [-0.3, -0.25) is 0 Å². The number of aromatic carboxylic acids is 1. The second-order valence-electron chi connectivity index (χ2n) is 8.88. The molecular formula is C25H30Cl2N2O3. The Labute approximate surface area is 199 Å². The van der Waals surface area contributed by atoms with Crippen molar-refractivity contribution in [3.05, 3.63) is 57.6 Å². The van der Waals surface area contributed by atoms with E-state index in [0.717, 1.165) is 75.4 Å². The Bertz CT molecular complexity index is 952. The predicted octanol–water partition coefficient (Wildman–Crippen LogP) is 5.76. The van der Waals surface area contributed by atoms with E-state index >= 15 is 0 Å². The lowest BCUT2D eigenvalue weighted by atomic mass is 9.94. The normalized spacial score (nSPS) is 18.7. The van der Waals surface area contributed by atoms with Crippen LogP contribution >= 0.6 is 23.2 Å². The number of halogens is 2. The fourth-order valence-corrected chi connectivity index (χ4v) is 5.16. The number of carboxylic acid groups (broad SMARTS) is 1. The smallest absolute Gasteiger partial charge is 0.336 e. The van der Waals surface area contributed by atoms with E-state index in [2.05, 4.69) is 9.80 Å². The highest BCUT2D eigenvalue weighted by atomic mass is 35.5. The molecule has 2 fully saturated rings. The first kappa shape index (κ1) is 23.2. The first-order valence-corrected chi connectivity index (χ1v) is 12.1. The van der Waals surface area contributed by atoms with Gasteiger partial charge < -0.3 is 19.6 Å². The van der Waals surface area contributed by atoms with Gasteiger partial charge in [0, 0.05) is 44.5 Å². The van der Waals surface area contributed by atoms with E-state index in [1.54, 1.807) is 18.2 Å². The zero-order valence-electron chi connectivity index (χ0n) is 18.4. The third-order valence-electron chi connectivity index (χ3n) is 6.74. The predicted molar refractivity (Wildman–Crippen MR) is 130 cm³/mol. The Morgan fingerprint density at radius 1 is 1.03 bits per heavy atom. The van der Waals surface area contributed by atoms with Crippen LogP contribution in [0, 0.1) is 12.8 Å². The van der Waals surface area contributed by atoms with E-state index in [0.29, 0.717) is 21.5 Å². The number of nitrogens with zero attached hydrogens (tertiary/aromatic N) is 2. The van der Waals surface area contributed by atoms with Crippen molar-refractivity contribution in [2.75, 3.05) is 37.6 Å². The summed E-state index contributed by atoms with van der Waals surface area (Å²) >= 11 is 12.1. The average molecular weight is 477 g/mol. The van der Waals surface area contributed by atoms with Crippen molar-refractivity contribution >= 4 is 34.9 Å². The van der Waals surface area contributed by atoms with Crippen LogP contribution < -0.4 is 9.64 Å². The third kappa shape index (κ3) is 5.51. The lowest BCUT2D eigenvalue weighted by Crippen LogP contribution is -2.43. The summed E-state index contributed by atoms with van der Waals surface area (Å²) in [5.41, 5.74) is 2.32. The van der Waals surface area contributed by atoms with Crippen molar-refractivity contribution in [3.8, 4) is 5.75 Å². The molecule has 1 N–H and O–H groups in total. The summed E-state index contributed by atoms with van der Waals surface area (Å²) in [5.74, 6) is 0.611. The Kier molecular flexibility index (Phi) is 7.49. The van der Waals surface area contributed by atoms with E-state index in [9.17, 15) is 9.90 Å². The molecule has 2 aromatic carbocycles. The van der Waals surface area contributed by atoms with E-state index in [4.69, 9.17) is 27.9 Å². The molecule has 2 heterocycles. The maximum Gasteiger partial charge on any atom is 0.336 e. The fourth-order valence-electron chi connectivity index (χ4n) is 4.87. The Morgan fingerprint density at radius 2 is 1.75 bits per heavy atom. The molecule has 0 atom stereocenters. The highest BCUT2D eigenvalue weighted by molar-refractivity contribution is 6.42. The van der Waals surface area contributed by atoms with Crippen molar-refractivity contribution in [2.24, 2.45) is 5.92 Å². The second-order valence-corrected chi connectivity index (χ2v) is 9.69. The molecule has 7 heteroatoms. The van der Waals surface area contributed by atoms with Crippen LogP contribution in [0.5, 0.6) is 5.75 Å². The molecule has 0 amide bonds. The Balaban J connectivity index is 1.23. The number of likely N-dealkylation sites (tertiary alicyclic amines) is 1. The molecule has 0 aromatic heterocycles. The molecule has 0 saturated carbocycles. The second kappa shape index (κ2) is 10.3. The summed E-state index contributed by atoms with van der Waals surface area (Å²) in [4.78, 5) is 16.3. The molecule has 0 bridgehead atoms. The number of benzene rings is 2. The number of carboxylic acids is 1. The quantitative estimate of drug-likeness (QED) is 0.574. The molecule has 2 aliphatic rings. The molecule has 2 saturated heterocycles. The van der Waals surface area contributed by atoms with Crippen LogP contribution in [0.2, 0.25) is 10.0 Å². The van der Waals surface area contributed by atoms with Crippen LogP contribution in [0.15, 0.2) is 36.4 Å². The van der Waals surface area contributed by atoms with Crippen molar-refractivity contribution in [3.63, 3.8) is 0 Å². The maximum atomic E-state index is 11.4. The van der Waals surface area contributed by atoms with Gasteiger partial charge in [0.25, 0.3) is 0 Å². The topological polar surface area (TPSA) is 53.0 Å². The average Bonchev–Trinajstić information content (AvgIpc) is 2.78. The van der Waals surface area contributed by atoms with Crippen LogP contribution in [0.4, 0.5) is 5.69 Å². The van der Waals surface area contributed by atoms with Gasteiger partial charge in [-0.15, -0.1) is 0 Å². The van der Waals surface area contributed by atoms with Gasteiger partial charge in [-0.2, -0.15) is 0 Å². The summed E-state index contributed by atoms with van der Waals surface area (Å²) in [5, 5.41) is 10.5. The van der Waals surface area contributed by atoms with Gasteiger partial charge in [0.2, 0.25) is 0 Å². The number of ether oxygens (including phenoxy) is 1. The van der Waals surface area contributed by atoms with Gasteiger partial charge >= 0.3 is 5.97 Å². The molecule has 5 nitrogen and oxygen atoms in total. The van der Waals surface area contributed by atoms with Crippen LogP contribution in [-0.2, 0) is 0 Å². The molecule has 0 unspecified atom stereocenters. The van der Waals surface area contributed by atoms with Gasteiger partial charge in [-0.25, -0.2) is 4.79 Å². The van der Waals surface area contributed by atoms with Crippen molar-refractivity contribution in [1.82, 2.24) is 4.90 Å². The first-order chi connectivity index (χ1) is 15.4. The standard InChI is InChI=1S/C25H30Cl2N2O3/c1-17-21(25(30)31)3-2-4-24(17)29-13-7-18(8-14-29)16-28-11-9-19(10-12-28)32-20-5-6-22(26)23(27)15-20/h2-6,15,18-19H,7-14,16H2,1H3,(H,30,31). The number of hydrogen-bond donors (Lipinski definition) is 1. The maximum absolute atomic E-state index is 11.4. The van der Waals surface area contributed by atoms with Gasteiger partial charge in [0.15, 0.2) is 0 Å². The number of anilines is 1. The summed E-state index contributed by atoms with van der Waals surface area (Å²) in [6, 6.07) is 11.0. The zero-order valence-corrected chi connectivity index (χ0v) is 19.9. The Hall–Kier alpha value is -1.95. The van der Waals surface area contributed by atoms with Gasteiger partial charge in [-0.05, 0) is 68.4 Å². The highest BCUT2D eigenvalue weighted by Crippen LogP contribution is 2.30. The van der Waals surface area contributed by atoms with Crippen molar-refractivity contribution in [2.45, 2.75) is 38.7 Å². The van der Waals surface area contributed by atoms with Gasteiger partial charge in [0.1, 0.15) is 11.9 Å². The van der Waals surface area contributed by atoms with Crippen LogP contribution in [0.25, 0.3) is 0 Å². The lowest BCUT2D eigenvalue weighted by molar-refractivity contribution is 0.0696. The van der Waals surface area contributed by atoms with Crippen LogP contribution in [-0.4, -0.2) is 54.8 Å². The minimum absolute atomic E-state index is 0.217. The SMILES string of the molecule is Cc1c(C(=O)O)cccc1N1CCC(CN2CCC(Oc3ccc(Cl)c(Cl)c3)CC2)CC1. The molecule has 2 aromatic rings. The van der Waals surface area contributed by atoms with E-state index in [1.165, 1.54) is 0 Å². The largest absolute Gasteiger partial charge is 0.490 e. The molecule has 0 aliphatic carbocycles. The van der Waals surface area contributed by atoms with Crippen LogP contribution in [0.3, 0.4) is 0 Å². The number of carbonyl (C=O) groups is 1. The molecule has 0 spiro atoms. The van der Waals surface area contributed by atoms with E-state index in [-0.39, 0.29) is 6.10 Å². The molecule has 32 heavy (non-hydrogen) atoms. The molecule has 0 radical (unpaired) electrons. The number of piperidine rings is 2. The summed E-state index contributed by atoms with van der Waals surface area (Å²) in [7, 11) is 0. The van der Waals surface area contributed by atoms with Gasteiger partial charge in [0.05, 0.1) is 15.6 Å². The first-order valence-electron chi connectivity index (χ1n) is 11.3. The van der Waals surface area contributed by atoms with Gasteiger partial charge in [-0.1, -0.05) is 29.3 Å². The number of rotatable bonds is 6. The summed E-state index contributed by atoms with van der Waals surface area (Å²) in [6.07, 6.45) is 4.52. The molecule has 4 rings (SSSR count). The number of hydrogen-bond acceptors (Lipinski definition) is 4. The zero-order chi connectivity index (χ0) is 22.7. The van der Waals surface area contributed by atoms with E-state index < -0.39 is 5.97 Å². The van der Waals surface area contributed by atoms with E-state index in [1.807, 2.05) is 25.1 Å². The van der Waals surface area contributed by atoms with Crippen molar-refractivity contribution < 1.29 is 14.6 Å². The molecule has 2 aliphatic heterocycles. The molecule has 172 valence electrons. The summed E-state index contributed by atoms with van der Waals surface area (Å²) in [6.45, 7) is 7.09. The minimum Gasteiger partial charge on any atom is -0.490 e. The minimum atomic E-state index is -0.856.